The number of hydrogen-bond donors (Lipinski definition) is 2. The molecule has 6 nitrogen and oxygen atoms in total. The second-order valence-electron chi connectivity index (χ2n) is 5.12. The van der Waals surface area contributed by atoms with Crippen LogP contribution in [0.4, 0.5) is 11.4 Å². The minimum atomic E-state index is -0.527. The highest BCUT2D eigenvalue weighted by atomic mass is 16.5. The Morgan fingerprint density at radius 3 is 2.20 bits per heavy atom. The molecule has 0 saturated carbocycles. The topological polar surface area (TPSA) is 91.2 Å². The van der Waals surface area contributed by atoms with Crippen LogP contribution >= 0.6 is 0 Å². The molecule has 0 heterocycles. The first kappa shape index (κ1) is 17.8. The van der Waals surface area contributed by atoms with Gasteiger partial charge in [0.25, 0.3) is 5.91 Å². The molecule has 0 aliphatic rings. The van der Waals surface area contributed by atoms with Crippen LogP contribution in [0.3, 0.4) is 0 Å². The van der Waals surface area contributed by atoms with E-state index in [9.17, 15) is 14.9 Å². The van der Waals surface area contributed by atoms with Gasteiger partial charge in [-0.3, -0.25) is 9.59 Å². The van der Waals surface area contributed by atoms with Crippen LogP contribution in [0.2, 0.25) is 0 Å². The monoisotopic (exact) mass is 335 g/mol. The molecular weight excluding hydrogens is 318 g/mol. The highest BCUT2D eigenvalue weighted by Gasteiger charge is 2.11. The van der Waals surface area contributed by atoms with Crippen LogP contribution in [0.1, 0.15) is 12.5 Å². The summed E-state index contributed by atoms with van der Waals surface area (Å²) < 4.78 is 5.21. The number of nitrogens with zero attached hydrogens (tertiary/aromatic N) is 1. The Morgan fingerprint density at radius 2 is 1.64 bits per heavy atom. The quantitative estimate of drug-likeness (QED) is 0.648. The first-order valence-electron chi connectivity index (χ1n) is 7.47. The van der Waals surface area contributed by atoms with Gasteiger partial charge in [-0.25, -0.2) is 0 Å². The molecule has 2 rings (SSSR count). The highest BCUT2D eigenvalue weighted by Crippen LogP contribution is 2.21. The summed E-state index contributed by atoms with van der Waals surface area (Å²) in [4.78, 5) is 23.3. The number of anilines is 2. The Labute approximate surface area is 145 Å². The van der Waals surface area contributed by atoms with Crippen molar-refractivity contribution in [2.24, 2.45) is 0 Å². The van der Waals surface area contributed by atoms with E-state index in [0.29, 0.717) is 22.7 Å². The molecule has 0 aromatic heterocycles. The third-order valence-corrected chi connectivity index (χ3v) is 3.27. The number of amides is 2. The van der Waals surface area contributed by atoms with Crippen LogP contribution in [-0.4, -0.2) is 18.9 Å². The number of carbonyl (C=O) groups excluding carboxylic acids is 2. The zero-order chi connectivity index (χ0) is 18.2. The Morgan fingerprint density at radius 1 is 1.04 bits per heavy atom. The molecule has 2 amide bonds. The average molecular weight is 335 g/mol. The number of para-hydroxylation sites is 1. The van der Waals surface area contributed by atoms with Crippen molar-refractivity contribution in [3.8, 4) is 11.8 Å². The summed E-state index contributed by atoms with van der Waals surface area (Å²) in [5, 5.41) is 14.6. The maximum atomic E-state index is 12.3. The van der Waals surface area contributed by atoms with E-state index in [2.05, 4.69) is 10.6 Å². The van der Waals surface area contributed by atoms with Gasteiger partial charge in [-0.05, 0) is 36.4 Å². The van der Waals surface area contributed by atoms with E-state index in [4.69, 9.17) is 4.74 Å². The summed E-state index contributed by atoms with van der Waals surface area (Å²) in [6, 6.07) is 15.6. The van der Waals surface area contributed by atoms with Gasteiger partial charge in [0.1, 0.15) is 17.4 Å². The minimum absolute atomic E-state index is 0.0459. The number of benzene rings is 2. The third-order valence-electron chi connectivity index (χ3n) is 3.27. The molecule has 0 saturated heterocycles. The summed E-state index contributed by atoms with van der Waals surface area (Å²) in [5.41, 5.74) is 1.73. The largest absolute Gasteiger partial charge is 0.496 e. The zero-order valence-electron chi connectivity index (χ0n) is 13.9. The van der Waals surface area contributed by atoms with Gasteiger partial charge in [0.15, 0.2) is 0 Å². The van der Waals surface area contributed by atoms with E-state index in [0.717, 1.165) is 0 Å². The van der Waals surface area contributed by atoms with Crippen molar-refractivity contribution in [1.29, 1.82) is 5.26 Å². The maximum Gasteiger partial charge on any atom is 0.266 e. The predicted octanol–water partition coefficient (Wildman–Crippen LogP) is 3.20. The summed E-state index contributed by atoms with van der Waals surface area (Å²) in [5.74, 6) is -0.133. The minimum Gasteiger partial charge on any atom is -0.496 e. The number of ether oxygens (including phenoxy) is 1. The van der Waals surface area contributed by atoms with Gasteiger partial charge in [-0.15, -0.1) is 0 Å². The standard InChI is InChI=1S/C19H17N3O3/c1-13(23)21-16-7-9-17(10-8-16)22-19(24)15(12-20)11-14-5-3-4-6-18(14)25-2/h3-11H,1-2H3,(H,21,23)(H,22,24)/b15-11+. The van der Waals surface area contributed by atoms with Crippen molar-refractivity contribution in [2.45, 2.75) is 6.92 Å². The third kappa shape index (κ3) is 4.94. The summed E-state index contributed by atoms with van der Waals surface area (Å²) >= 11 is 0. The number of rotatable bonds is 5. The van der Waals surface area contributed by atoms with Crippen LogP contribution in [0.5, 0.6) is 5.75 Å². The van der Waals surface area contributed by atoms with Gasteiger partial charge in [0, 0.05) is 23.9 Å². The Balaban J connectivity index is 2.16. The van der Waals surface area contributed by atoms with Crippen molar-refractivity contribution >= 4 is 29.3 Å². The average Bonchev–Trinajstić information content (AvgIpc) is 2.61. The molecule has 0 fully saturated rings. The predicted molar refractivity (Wildman–Crippen MR) is 96.0 cm³/mol. The summed E-state index contributed by atoms with van der Waals surface area (Å²) in [6.07, 6.45) is 1.47. The molecule has 2 aromatic carbocycles. The highest BCUT2D eigenvalue weighted by molar-refractivity contribution is 6.09. The van der Waals surface area contributed by atoms with Gasteiger partial charge >= 0.3 is 0 Å². The molecule has 6 heteroatoms. The molecule has 126 valence electrons. The zero-order valence-corrected chi connectivity index (χ0v) is 13.9. The number of nitriles is 1. The lowest BCUT2D eigenvalue weighted by Crippen LogP contribution is -2.13. The molecule has 0 bridgehead atoms. The molecule has 0 aliphatic carbocycles. The lowest BCUT2D eigenvalue weighted by atomic mass is 10.1. The fourth-order valence-electron chi connectivity index (χ4n) is 2.13. The Kier molecular flexibility index (Phi) is 5.91. The van der Waals surface area contributed by atoms with Gasteiger partial charge in [-0.1, -0.05) is 18.2 Å². The summed E-state index contributed by atoms with van der Waals surface area (Å²) in [6.45, 7) is 1.41. The lowest BCUT2D eigenvalue weighted by molar-refractivity contribution is -0.114. The molecule has 0 aliphatic heterocycles. The Bertz CT molecular complexity index is 849. The molecule has 2 aromatic rings. The van der Waals surface area contributed by atoms with Crippen LogP contribution in [0.15, 0.2) is 54.1 Å². The number of methoxy groups -OCH3 is 1. The smallest absolute Gasteiger partial charge is 0.266 e. The fourth-order valence-corrected chi connectivity index (χ4v) is 2.13. The van der Waals surface area contributed by atoms with Crippen molar-refractivity contribution in [2.75, 3.05) is 17.7 Å². The van der Waals surface area contributed by atoms with Crippen molar-refractivity contribution < 1.29 is 14.3 Å². The Hall–Kier alpha value is -3.59. The molecular formula is C19H17N3O3. The van der Waals surface area contributed by atoms with E-state index < -0.39 is 5.91 Å². The molecule has 0 radical (unpaired) electrons. The van der Waals surface area contributed by atoms with E-state index in [-0.39, 0.29) is 11.5 Å². The van der Waals surface area contributed by atoms with Crippen molar-refractivity contribution in [3.63, 3.8) is 0 Å². The van der Waals surface area contributed by atoms with Gasteiger partial charge in [-0.2, -0.15) is 5.26 Å². The van der Waals surface area contributed by atoms with Gasteiger partial charge in [0.2, 0.25) is 5.91 Å². The molecule has 0 atom stereocenters. The first-order chi connectivity index (χ1) is 12.0. The molecule has 0 unspecified atom stereocenters. The molecule has 0 spiro atoms. The van der Waals surface area contributed by atoms with E-state index in [1.807, 2.05) is 6.07 Å². The first-order valence-corrected chi connectivity index (χ1v) is 7.47. The van der Waals surface area contributed by atoms with Crippen LogP contribution in [-0.2, 0) is 9.59 Å². The fraction of sp³-hybridized carbons (Fsp3) is 0.105. The summed E-state index contributed by atoms with van der Waals surface area (Å²) in [7, 11) is 1.52. The molecule has 2 N–H and O–H groups in total. The molecule has 25 heavy (non-hydrogen) atoms. The van der Waals surface area contributed by atoms with Crippen LogP contribution in [0, 0.1) is 11.3 Å². The van der Waals surface area contributed by atoms with E-state index in [1.54, 1.807) is 48.5 Å². The SMILES string of the molecule is COc1ccccc1/C=C(\C#N)C(=O)Nc1ccc(NC(C)=O)cc1. The number of carbonyl (C=O) groups is 2. The van der Waals surface area contributed by atoms with E-state index >= 15 is 0 Å². The normalized spacial score (nSPS) is 10.5. The van der Waals surface area contributed by atoms with Gasteiger partial charge in [0.05, 0.1) is 7.11 Å². The van der Waals surface area contributed by atoms with Crippen LogP contribution in [0.25, 0.3) is 6.08 Å². The number of nitrogens with one attached hydrogen (secondary N) is 2. The van der Waals surface area contributed by atoms with Crippen molar-refractivity contribution in [3.05, 3.63) is 59.7 Å². The maximum absolute atomic E-state index is 12.3. The lowest BCUT2D eigenvalue weighted by Gasteiger charge is -2.07. The van der Waals surface area contributed by atoms with Crippen LogP contribution < -0.4 is 15.4 Å². The second-order valence-corrected chi connectivity index (χ2v) is 5.12. The second kappa shape index (κ2) is 8.31. The van der Waals surface area contributed by atoms with Crippen molar-refractivity contribution in [1.82, 2.24) is 0 Å². The van der Waals surface area contributed by atoms with E-state index in [1.165, 1.54) is 20.1 Å². The number of hydrogen-bond acceptors (Lipinski definition) is 4. The van der Waals surface area contributed by atoms with Gasteiger partial charge < -0.3 is 15.4 Å².